The van der Waals surface area contributed by atoms with Crippen molar-refractivity contribution >= 4 is 6.29 Å². The second kappa shape index (κ2) is 7.71. The Kier molecular flexibility index (Phi) is 5.95. The summed E-state index contributed by atoms with van der Waals surface area (Å²) in [6.45, 7) is 6.81. The number of hydrogen-bond acceptors (Lipinski definition) is 3. The number of hydrogen-bond donors (Lipinski definition) is 0. The fraction of sp³-hybridized carbons (Fsp3) is 0.611. The quantitative estimate of drug-likeness (QED) is 0.655. The highest BCUT2D eigenvalue weighted by Crippen LogP contribution is 2.44. The van der Waals surface area contributed by atoms with E-state index in [1.807, 2.05) is 18.2 Å². The molecule has 0 heterocycles. The summed E-state index contributed by atoms with van der Waals surface area (Å²) in [6.07, 6.45) is 2.17. The van der Waals surface area contributed by atoms with Gasteiger partial charge in [0.15, 0.2) is 0 Å². The summed E-state index contributed by atoms with van der Waals surface area (Å²) < 4.78 is 5.94. The average molecular weight is 289 g/mol. The molecule has 0 saturated heterocycles. The van der Waals surface area contributed by atoms with Crippen LogP contribution in [-0.2, 0) is 16.1 Å². The molecule has 1 aliphatic carbocycles. The summed E-state index contributed by atoms with van der Waals surface area (Å²) in [6, 6.07) is 10.7. The van der Waals surface area contributed by atoms with Gasteiger partial charge in [-0.05, 0) is 37.4 Å². The van der Waals surface area contributed by atoms with Crippen LogP contribution in [0.3, 0.4) is 0 Å². The van der Waals surface area contributed by atoms with Gasteiger partial charge in [0.25, 0.3) is 0 Å². The highest BCUT2D eigenvalue weighted by molar-refractivity contribution is 5.58. The van der Waals surface area contributed by atoms with Crippen LogP contribution in [0, 0.1) is 17.8 Å². The second-order valence-corrected chi connectivity index (χ2v) is 6.20. The Bertz CT molecular complexity index is 434. The minimum atomic E-state index is 0.280. The molecule has 0 radical (unpaired) electrons. The summed E-state index contributed by atoms with van der Waals surface area (Å²) in [4.78, 5) is 13.2. The number of aldehydes is 1. The van der Waals surface area contributed by atoms with Gasteiger partial charge in [-0.15, -0.1) is 0 Å². The van der Waals surface area contributed by atoms with Crippen LogP contribution in [0.5, 0.6) is 0 Å². The number of ether oxygens (including phenoxy) is 1. The minimum Gasteiger partial charge on any atom is -0.375 e. The third-order valence-electron chi connectivity index (χ3n) is 4.81. The van der Waals surface area contributed by atoms with Crippen LogP contribution in [0.4, 0.5) is 0 Å². The van der Waals surface area contributed by atoms with E-state index in [0.717, 1.165) is 25.9 Å². The molecule has 1 fully saturated rings. The maximum Gasteiger partial charge on any atom is 0.123 e. The van der Waals surface area contributed by atoms with Crippen molar-refractivity contribution in [3.05, 3.63) is 35.9 Å². The van der Waals surface area contributed by atoms with Crippen molar-refractivity contribution in [2.45, 2.75) is 32.9 Å². The van der Waals surface area contributed by atoms with E-state index in [1.165, 1.54) is 5.56 Å². The van der Waals surface area contributed by atoms with Gasteiger partial charge in [-0.1, -0.05) is 44.2 Å². The Morgan fingerprint density at radius 2 is 2.10 bits per heavy atom. The maximum atomic E-state index is 10.9. The van der Waals surface area contributed by atoms with E-state index in [1.54, 1.807) is 0 Å². The van der Waals surface area contributed by atoms with Gasteiger partial charge in [0, 0.05) is 12.0 Å². The normalized spacial score (nSPS) is 23.8. The summed E-state index contributed by atoms with van der Waals surface area (Å²) in [7, 11) is 2.14. The Morgan fingerprint density at radius 3 is 2.67 bits per heavy atom. The summed E-state index contributed by atoms with van der Waals surface area (Å²) >= 11 is 0. The molecule has 3 heteroatoms. The average Bonchev–Trinajstić information content (AvgIpc) is 3.31. The van der Waals surface area contributed by atoms with Crippen molar-refractivity contribution in [1.29, 1.82) is 0 Å². The molecule has 0 aromatic heterocycles. The molecule has 0 aliphatic heterocycles. The number of nitrogens with zero attached hydrogens (tertiary/aromatic N) is 1. The topological polar surface area (TPSA) is 29.5 Å². The largest absolute Gasteiger partial charge is 0.375 e. The zero-order chi connectivity index (χ0) is 15.2. The van der Waals surface area contributed by atoms with E-state index in [-0.39, 0.29) is 5.92 Å². The molecule has 0 N–H and O–H groups in total. The number of benzene rings is 1. The predicted molar refractivity (Wildman–Crippen MR) is 85.0 cm³/mol. The number of likely N-dealkylation sites (N-methyl/N-ethyl adjacent to an activating group) is 1. The number of carbonyl (C=O) groups excluding carboxylic acids is 1. The molecule has 0 bridgehead atoms. The van der Waals surface area contributed by atoms with Crippen LogP contribution in [0.25, 0.3) is 0 Å². The molecule has 3 nitrogen and oxygen atoms in total. The van der Waals surface area contributed by atoms with Gasteiger partial charge >= 0.3 is 0 Å². The molecule has 0 amide bonds. The molecule has 1 aromatic carbocycles. The number of rotatable bonds is 9. The summed E-state index contributed by atoms with van der Waals surface area (Å²) in [5, 5.41) is 0. The van der Waals surface area contributed by atoms with Crippen molar-refractivity contribution in [3.8, 4) is 0 Å². The Balaban J connectivity index is 1.86. The van der Waals surface area contributed by atoms with Crippen LogP contribution >= 0.6 is 0 Å². The molecule has 116 valence electrons. The zero-order valence-corrected chi connectivity index (χ0v) is 13.4. The van der Waals surface area contributed by atoms with E-state index in [4.69, 9.17) is 4.74 Å². The zero-order valence-electron chi connectivity index (χ0n) is 13.4. The smallest absolute Gasteiger partial charge is 0.123 e. The van der Waals surface area contributed by atoms with Crippen LogP contribution in [0.1, 0.15) is 25.8 Å². The van der Waals surface area contributed by atoms with E-state index in [2.05, 4.69) is 37.9 Å². The Hall–Kier alpha value is -1.19. The minimum absolute atomic E-state index is 0.280. The van der Waals surface area contributed by atoms with Crippen molar-refractivity contribution < 1.29 is 9.53 Å². The fourth-order valence-corrected chi connectivity index (χ4v) is 3.07. The molecular formula is C18H27NO2. The van der Waals surface area contributed by atoms with Gasteiger partial charge < -0.3 is 14.4 Å². The Labute approximate surface area is 128 Å². The third-order valence-corrected chi connectivity index (χ3v) is 4.81. The van der Waals surface area contributed by atoms with Gasteiger partial charge in [0.05, 0.1) is 13.2 Å². The molecule has 1 saturated carbocycles. The lowest BCUT2D eigenvalue weighted by Crippen LogP contribution is -2.41. The van der Waals surface area contributed by atoms with E-state index >= 15 is 0 Å². The molecule has 2 rings (SSSR count). The van der Waals surface area contributed by atoms with E-state index < -0.39 is 0 Å². The van der Waals surface area contributed by atoms with Gasteiger partial charge in [0.2, 0.25) is 0 Å². The standard InChI is InChI=1S/C18H27NO2/c1-4-19(3)18(14(2)17-10-16(17)11-20)13-21-12-15-8-6-5-7-9-15/h5-9,11,14,16-18H,4,10,12-13H2,1-3H3. The van der Waals surface area contributed by atoms with E-state index in [0.29, 0.717) is 24.5 Å². The molecule has 0 spiro atoms. The second-order valence-electron chi connectivity index (χ2n) is 6.20. The summed E-state index contributed by atoms with van der Waals surface area (Å²) in [5.74, 6) is 1.32. The highest BCUT2D eigenvalue weighted by Gasteiger charge is 2.44. The van der Waals surface area contributed by atoms with Crippen LogP contribution in [0.15, 0.2) is 30.3 Å². The van der Waals surface area contributed by atoms with Gasteiger partial charge in [-0.2, -0.15) is 0 Å². The van der Waals surface area contributed by atoms with Crippen molar-refractivity contribution in [2.24, 2.45) is 17.8 Å². The Morgan fingerprint density at radius 1 is 1.38 bits per heavy atom. The van der Waals surface area contributed by atoms with Gasteiger partial charge in [-0.3, -0.25) is 0 Å². The third kappa shape index (κ3) is 4.39. The first kappa shape index (κ1) is 16.2. The summed E-state index contributed by atoms with van der Waals surface area (Å²) in [5.41, 5.74) is 1.21. The maximum absolute atomic E-state index is 10.9. The molecule has 1 aromatic rings. The van der Waals surface area contributed by atoms with E-state index in [9.17, 15) is 4.79 Å². The SMILES string of the molecule is CCN(C)C(COCc1ccccc1)C(C)C1CC1C=O. The van der Waals surface area contributed by atoms with Gasteiger partial charge in [-0.25, -0.2) is 0 Å². The number of carbonyl (C=O) groups is 1. The lowest BCUT2D eigenvalue weighted by atomic mass is 9.94. The van der Waals surface area contributed by atoms with Crippen LogP contribution in [0.2, 0.25) is 0 Å². The molecule has 21 heavy (non-hydrogen) atoms. The molecular weight excluding hydrogens is 262 g/mol. The first-order chi connectivity index (χ1) is 10.2. The highest BCUT2D eigenvalue weighted by atomic mass is 16.5. The first-order valence-corrected chi connectivity index (χ1v) is 7.94. The van der Waals surface area contributed by atoms with Gasteiger partial charge in [0.1, 0.15) is 6.29 Å². The van der Waals surface area contributed by atoms with Crippen molar-refractivity contribution in [3.63, 3.8) is 0 Å². The molecule has 1 aliphatic rings. The van der Waals surface area contributed by atoms with Crippen molar-refractivity contribution in [2.75, 3.05) is 20.2 Å². The van der Waals surface area contributed by atoms with Crippen molar-refractivity contribution in [1.82, 2.24) is 4.90 Å². The monoisotopic (exact) mass is 289 g/mol. The molecule has 4 unspecified atom stereocenters. The molecule has 4 atom stereocenters. The fourth-order valence-electron chi connectivity index (χ4n) is 3.07. The van der Waals surface area contributed by atoms with Crippen LogP contribution in [-0.4, -0.2) is 37.4 Å². The first-order valence-electron chi connectivity index (χ1n) is 7.94. The predicted octanol–water partition coefficient (Wildman–Crippen LogP) is 2.99. The van der Waals surface area contributed by atoms with Crippen LogP contribution < -0.4 is 0 Å². The lowest BCUT2D eigenvalue weighted by molar-refractivity contribution is -0.109. The lowest BCUT2D eigenvalue weighted by Gasteiger charge is -2.32.